The highest BCUT2D eigenvalue weighted by atomic mass is 16.5. The number of hydrogen-bond donors (Lipinski definition) is 0. The van der Waals surface area contributed by atoms with Crippen LogP contribution in [0.5, 0.6) is 0 Å². The maximum Gasteiger partial charge on any atom is 0.319 e. The Bertz CT molecular complexity index is 937. The zero-order valence-electron chi connectivity index (χ0n) is 19.8. The molecule has 5 nitrogen and oxygen atoms in total. The van der Waals surface area contributed by atoms with E-state index in [-0.39, 0.29) is 17.9 Å². The SMILES string of the molecule is C=C(N=C(OC)C1CC(c2ccc(CC)cc2)CN(C(=O)N(C)CC)C1)c1ccccc1. The van der Waals surface area contributed by atoms with E-state index in [0.717, 1.165) is 18.4 Å². The highest BCUT2D eigenvalue weighted by molar-refractivity contribution is 5.86. The number of urea groups is 1. The number of hydrogen-bond acceptors (Lipinski definition) is 3. The third kappa shape index (κ3) is 5.58. The van der Waals surface area contributed by atoms with Gasteiger partial charge >= 0.3 is 6.03 Å². The lowest BCUT2D eigenvalue weighted by atomic mass is 9.84. The first-order chi connectivity index (χ1) is 15.5. The van der Waals surface area contributed by atoms with Crippen LogP contribution in [0.2, 0.25) is 0 Å². The second-order valence-corrected chi connectivity index (χ2v) is 8.39. The molecule has 2 atom stereocenters. The quantitative estimate of drug-likeness (QED) is 0.450. The summed E-state index contributed by atoms with van der Waals surface area (Å²) >= 11 is 0. The summed E-state index contributed by atoms with van der Waals surface area (Å²) in [6.07, 6.45) is 1.89. The molecule has 1 fully saturated rings. The van der Waals surface area contributed by atoms with Crippen molar-refractivity contribution in [3.63, 3.8) is 0 Å². The molecule has 1 saturated heterocycles. The second kappa shape index (κ2) is 11.0. The van der Waals surface area contributed by atoms with Gasteiger partial charge in [-0.2, -0.15) is 0 Å². The Balaban J connectivity index is 1.90. The maximum atomic E-state index is 13.1. The van der Waals surface area contributed by atoms with Crippen LogP contribution in [0.25, 0.3) is 5.70 Å². The molecule has 0 saturated carbocycles. The zero-order valence-corrected chi connectivity index (χ0v) is 19.8. The smallest absolute Gasteiger partial charge is 0.319 e. The van der Waals surface area contributed by atoms with Gasteiger partial charge in [0.05, 0.1) is 18.7 Å². The minimum absolute atomic E-state index is 0.000676. The van der Waals surface area contributed by atoms with Gasteiger partial charge in [-0.1, -0.05) is 68.1 Å². The third-order valence-corrected chi connectivity index (χ3v) is 6.29. The molecule has 0 bridgehead atoms. The van der Waals surface area contributed by atoms with Crippen LogP contribution < -0.4 is 0 Å². The molecule has 2 aromatic carbocycles. The number of likely N-dealkylation sites (tertiary alicyclic amines) is 1. The van der Waals surface area contributed by atoms with Crippen LogP contribution in [0.1, 0.15) is 42.9 Å². The summed E-state index contributed by atoms with van der Waals surface area (Å²) in [6, 6.07) is 18.7. The van der Waals surface area contributed by atoms with Gasteiger partial charge in [-0.05, 0) is 36.5 Å². The van der Waals surface area contributed by atoms with E-state index in [1.807, 2.05) is 49.2 Å². The highest BCUT2D eigenvalue weighted by Crippen LogP contribution is 2.33. The first-order valence-corrected chi connectivity index (χ1v) is 11.4. The Morgan fingerprint density at radius 1 is 1.12 bits per heavy atom. The minimum atomic E-state index is -0.000676. The molecule has 170 valence electrons. The van der Waals surface area contributed by atoms with Crippen LogP contribution in [0.4, 0.5) is 4.79 Å². The number of aryl methyl sites for hydroxylation is 1. The molecule has 0 spiro atoms. The van der Waals surface area contributed by atoms with Gasteiger partial charge in [0.1, 0.15) is 0 Å². The standard InChI is InChI=1S/C27H35N3O2/c1-6-21-13-15-23(16-14-21)24-17-25(19-30(18-24)27(31)29(4)7-2)26(32-5)28-20(3)22-11-9-8-10-12-22/h8-16,24-25H,3,6-7,17-19H2,1-2,4-5H3. The summed E-state index contributed by atoms with van der Waals surface area (Å²) in [7, 11) is 3.50. The predicted molar refractivity (Wildman–Crippen MR) is 132 cm³/mol. The summed E-state index contributed by atoms with van der Waals surface area (Å²) in [6.45, 7) is 10.2. The van der Waals surface area contributed by atoms with Crippen molar-refractivity contribution in [3.05, 3.63) is 77.9 Å². The number of amides is 2. The van der Waals surface area contributed by atoms with Gasteiger partial charge in [0, 0.05) is 32.6 Å². The summed E-state index contributed by atoms with van der Waals surface area (Å²) in [5.74, 6) is 0.851. The number of methoxy groups -OCH3 is 1. The van der Waals surface area contributed by atoms with E-state index in [0.29, 0.717) is 31.2 Å². The molecule has 0 aliphatic carbocycles. The normalized spacial score (nSPS) is 18.9. The van der Waals surface area contributed by atoms with Crippen molar-refractivity contribution in [3.8, 4) is 0 Å². The van der Waals surface area contributed by atoms with Gasteiger partial charge in [-0.3, -0.25) is 0 Å². The number of benzene rings is 2. The Morgan fingerprint density at radius 3 is 2.41 bits per heavy atom. The van der Waals surface area contributed by atoms with Crippen molar-refractivity contribution in [2.24, 2.45) is 10.9 Å². The zero-order chi connectivity index (χ0) is 23.1. The van der Waals surface area contributed by atoms with Crippen molar-refractivity contribution in [1.29, 1.82) is 0 Å². The van der Waals surface area contributed by atoms with Crippen molar-refractivity contribution >= 4 is 17.6 Å². The summed E-state index contributed by atoms with van der Waals surface area (Å²) in [5.41, 5.74) is 4.20. The van der Waals surface area contributed by atoms with Crippen molar-refractivity contribution < 1.29 is 9.53 Å². The fourth-order valence-corrected chi connectivity index (χ4v) is 4.21. The van der Waals surface area contributed by atoms with E-state index in [2.05, 4.69) is 37.8 Å². The van der Waals surface area contributed by atoms with Crippen molar-refractivity contribution in [2.45, 2.75) is 32.6 Å². The third-order valence-electron chi connectivity index (χ3n) is 6.29. The molecule has 5 heteroatoms. The number of piperidine rings is 1. The van der Waals surface area contributed by atoms with E-state index >= 15 is 0 Å². The van der Waals surface area contributed by atoms with E-state index < -0.39 is 0 Å². The molecule has 2 aromatic rings. The van der Waals surface area contributed by atoms with Crippen LogP contribution in [0, 0.1) is 5.92 Å². The summed E-state index contributed by atoms with van der Waals surface area (Å²) in [5, 5.41) is 0. The second-order valence-electron chi connectivity index (χ2n) is 8.39. The van der Waals surface area contributed by atoms with Crippen LogP contribution in [-0.2, 0) is 11.2 Å². The highest BCUT2D eigenvalue weighted by Gasteiger charge is 2.35. The fraction of sp³-hybridized carbons (Fsp3) is 0.407. The summed E-state index contributed by atoms with van der Waals surface area (Å²) in [4.78, 5) is 21.5. The number of aliphatic imine (C=N–C) groups is 1. The Labute approximate surface area is 192 Å². The molecule has 32 heavy (non-hydrogen) atoms. The van der Waals surface area contributed by atoms with Gasteiger partial charge in [0.2, 0.25) is 0 Å². The lowest BCUT2D eigenvalue weighted by Crippen LogP contribution is -2.50. The maximum absolute atomic E-state index is 13.1. The minimum Gasteiger partial charge on any atom is -0.484 e. The largest absolute Gasteiger partial charge is 0.484 e. The molecule has 2 amide bonds. The van der Waals surface area contributed by atoms with E-state index in [1.165, 1.54) is 11.1 Å². The molecule has 1 aliphatic heterocycles. The monoisotopic (exact) mass is 433 g/mol. The Hall–Kier alpha value is -3.08. The van der Waals surface area contributed by atoms with Gasteiger partial charge in [-0.15, -0.1) is 0 Å². The summed E-state index contributed by atoms with van der Waals surface area (Å²) < 4.78 is 5.76. The Kier molecular flexibility index (Phi) is 8.09. The predicted octanol–water partition coefficient (Wildman–Crippen LogP) is 5.44. The van der Waals surface area contributed by atoms with Crippen molar-refractivity contribution in [1.82, 2.24) is 9.80 Å². The Morgan fingerprint density at radius 2 is 1.81 bits per heavy atom. The van der Waals surface area contributed by atoms with Gasteiger partial charge < -0.3 is 14.5 Å². The molecular weight excluding hydrogens is 398 g/mol. The van der Waals surface area contributed by atoms with Gasteiger partial charge in [-0.25, -0.2) is 9.79 Å². The number of carbonyl (C=O) groups excluding carboxylic acids is 1. The van der Waals surface area contributed by atoms with E-state index in [4.69, 9.17) is 9.73 Å². The average molecular weight is 434 g/mol. The van der Waals surface area contributed by atoms with E-state index in [1.54, 1.807) is 12.0 Å². The van der Waals surface area contributed by atoms with Crippen LogP contribution in [0.3, 0.4) is 0 Å². The van der Waals surface area contributed by atoms with Gasteiger partial charge in [0.15, 0.2) is 5.90 Å². The van der Waals surface area contributed by atoms with Gasteiger partial charge in [0.25, 0.3) is 0 Å². The van der Waals surface area contributed by atoms with Crippen LogP contribution >= 0.6 is 0 Å². The molecular formula is C27H35N3O2. The first-order valence-electron chi connectivity index (χ1n) is 11.4. The van der Waals surface area contributed by atoms with Crippen molar-refractivity contribution in [2.75, 3.05) is 33.8 Å². The molecule has 0 N–H and O–H groups in total. The average Bonchev–Trinajstić information content (AvgIpc) is 2.86. The number of carbonyl (C=O) groups is 1. The topological polar surface area (TPSA) is 45.1 Å². The number of rotatable bonds is 6. The van der Waals surface area contributed by atoms with Crippen LogP contribution in [-0.4, -0.2) is 55.5 Å². The number of ether oxygens (including phenoxy) is 1. The lowest BCUT2D eigenvalue weighted by Gasteiger charge is -2.39. The molecule has 1 aliphatic rings. The van der Waals surface area contributed by atoms with Crippen LogP contribution in [0.15, 0.2) is 66.2 Å². The lowest BCUT2D eigenvalue weighted by molar-refractivity contribution is 0.136. The fourth-order valence-electron chi connectivity index (χ4n) is 4.21. The first kappa shape index (κ1) is 23.6. The molecule has 0 aromatic heterocycles. The number of nitrogens with zero attached hydrogens (tertiary/aromatic N) is 3. The molecule has 1 heterocycles. The van der Waals surface area contributed by atoms with E-state index in [9.17, 15) is 4.79 Å². The molecule has 3 rings (SSSR count). The molecule has 0 radical (unpaired) electrons. The molecule has 2 unspecified atom stereocenters.